The first-order valence-corrected chi connectivity index (χ1v) is 5.62. The molecule has 1 aliphatic heterocycles. The minimum atomic E-state index is 0.0273. The van der Waals surface area contributed by atoms with Gasteiger partial charge in [0.15, 0.2) is 0 Å². The number of rotatable bonds is 5. The Balaban J connectivity index is 2.34. The third-order valence-electron chi connectivity index (χ3n) is 2.11. The number of nitrogens with zero attached hydrogens (tertiary/aromatic N) is 2. The first-order chi connectivity index (χ1) is 7.16. The lowest BCUT2D eigenvalue weighted by Crippen LogP contribution is -2.18. The number of carbonyl (C=O) groups excluding carboxylic acids is 1. The maximum Gasteiger partial charge on any atom is 0.307 e. The molecule has 3 nitrogen and oxygen atoms in total. The van der Waals surface area contributed by atoms with E-state index < -0.39 is 0 Å². The maximum absolute atomic E-state index is 11.3. The normalized spacial score (nSPS) is 16.9. The van der Waals surface area contributed by atoms with Gasteiger partial charge in [-0.2, -0.15) is 0 Å². The minimum Gasteiger partial charge on any atom is -0.291 e. The number of unbranched alkanes of at least 4 members (excludes halogenated alkanes) is 1. The summed E-state index contributed by atoms with van der Waals surface area (Å²) in [4.78, 5) is 12.8. The van der Waals surface area contributed by atoms with Crippen LogP contribution in [0.2, 0.25) is 0 Å². The number of hydrogen-bond acceptors (Lipinski definition) is 3. The van der Waals surface area contributed by atoms with Crippen molar-refractivity contribution in [2.75, 3.05) is 13.6 Å². The summed E-state index contributed by atoms with van der Waals surface area (Å²) >= 11 is 1.19. The fraction of sp³-hybridized carbons (Fsp3) is 0.364. The van der Waals surface area contributed by atoms with Crippen LogP contribution in [0.1, 0.15) is 12.8 Å². The molecule has 1 saturated heterocycles. The smallest absolute Gasteiger partial charge is 0.291 e. The summed E-state index contributed by atoms with van der Waals surface area (Å²) in [5.74, 6) is 0.748. The fourth-order valence-electron chi connectivity index (χ4n) is 1.13. The highest BCUT2D eigenvalue weighted by Crippen LogP contribution is 2.29. The minimum absolute atomic E-state index is 0.0273. The molecule has 0 unspecified atom stereocenters. The van der Waals surface area contributed by atoms with E-state index in [0.29, 0.717) is 0 Å². The Morgan fingerprint density at radius 2 is 2.13 bits per heavy atom. The zero-order valence-electron chi connectivity index (χ0n) is 8.98. The molecule has 4 heteroatoms. The van der Waals surface area contributed by atoms with Crippen molar-refractivity contribution < 1.29 is 4.79 Å². The number of carbonyl (C=O) groups is 1. The van der Waals surface area contributed by atoms with Crippen LogP contribution in [-0.4, -0.2) is 28.0 Å². The van der Waals surface area contributed by atoms with Crippen molar-refractivity contribution in [2.45, 2.75) is 12.8 Å². The summed E-state index contributed by atoms with van der Waals surface area (Å²) in [6.07, 6.45) is 8.03. The van der Waals surface area contributed by atoms with E-state index in [2.05, 4.69) is 19.2 Å². The van der Waals surface area contributed by atoms with Gasteiger partial charge >= 0.3 is 5.24 Å². The highest BCUT2D eigenvalue weighted by Gasteiger charge is 2.28. The average molecular weight is 224 g/mol. The van der Waals surface area contributed by atoms with Gasteiger partial charge in [-0.25, -0.2) is 0 Å². The van der Waals surface area contributed by atoms with Gasteiger partial charge in [0.2, 0.25) is 0 Å². The summed E-state index contributed by atoms with van der Waals surface area (Å²) in [6, 6.07) is 0. The van der Waals surface area contributed by atoms with E-state index in [-0.39, 0.29) is 5.24 Å². The Morgan fingerprint density at radius 1 is 1.40 bits per heavy atom. The van der Waals surface area contributed by atoms with Gasteiger partial charge in [0.05, 0.1) is 11.9 Å². The molecule has 1 rings (SSSR count). The molecule has 0 atom stereocenters. The summed E-state index contributed by atoms with van der Waals surface area (Å²) in [7, 11) is 1.74. The van der Waals surface area contributed by atoms with E-state index in [9.17, 15) is 4.79 Å². The molecule has 15 heavy (non-hydrogen) atoms. The van der Waals surface area contributed by atoms with E-state index in [0.717, 1.165) is 25.2 Å². The molecular weight excluding hydrogens is 208 g/mol. The molecule has 0 spiro atoms. The Kier molecular flexibility index (Phi) is 4.49. The molecule has 0 saturated carbocycles. The predicted molar refractivity (Wildman–Crippen MR) is 65.2 cm³/mol. The van der Waals surface area contributed by atoms with Crippen molar-refractivity contribution in [3.63, 3.8) is 0 Å². The monoisotopic (exact) mass is 224 g/mol. The van der Waals surface area contributed by atoms with Crippen molar-refractivity contribution in [1.82, 2.24) is 9.21 Å². The molecule has 1 fully saturated rings. The van der Waals surface area contributed by atoms with Crippen molar-refractivity contribution >= 4 is 17.2 Å². The quantitative estimate of drug-likeness (QED) is 0.407. The van der Waals surface area contributed by atoms with Gasteiger partial charge in [0.1, 0.15) is 5.82 Å². The largest absolute Gasteiger partial charge is 0.307 e. The van der Waals surface area contributed by atoms with E-state index in [1.165, 1.54) is 11.9 Å². The first-order valence-electron chi connectivity index (χ1n) is 4.84. The van der Waals surface area contributed by atoms with Crippen LogP contribution >= 0.6 is 11.9 Å². The van der Waals surface area contributed by atoms with E-state index >= 15 is 0 Å². The molecule has 0 aromatic heterocycles. The molecule has 0 aromatic carbocycles. The molecule has 0 aliphatic carbocycles. The van der Waals surface area contributed by atoms with Gasteiger partial charge in [0, 0.05) is 13.6 Å². The van der Waals surface area contributed by atoms with Crippen molar-refractivity contribution in [1.29, 1.82) is 0 Å². The number of hydrogen-bond donors (Lipinski definition) is 0. The number of amides is 1. The van der Waals surface area contributed by atoms with Crippen molar-refractivity contribution in [3.05, 3.63) is 37.2 Å². The van der Waals surface area contributed by atoms with E-state index in [1.807, 2.05) is 16.5 Å². The second kappa shape index (κ2) is 5.66. The lowest BCUT2D eigenvalue weighted by molar-refractivity contribution is 0.242. The second-order valence-corrected chi connectivity index (χ2v) is 4.20. The molecule has 0 bridgehead atoms. The van der Waals surface area contributed by atoms with Gasteiger partial charge in [-0.05, 0) is 12.8 Å². The zero-order valence-corrected chi connectivity index (χ0v) is 9.80. The molecule has 1 heterocycles. The Bertz CT molecular complexity index is 299. The maximum atomic E-state index is 11.3. The van der Waals surface area contributed by atoms with Gasteiger partial charge in [-0.15, -0.1) is 6.58 Å². The number of allylic oxidation sites excluding steroid dienone is 2. The van der Waals surface area contributed by atoms with Gasteiger partial charge < -0.3 is 0 Å². The highest BCUT2D eigenvalue weighted by atomic mass is 32.2. The Labute approximate surface area is 95.3 Å². The third kappa shape index (κ3) is 3.16. The zero-order chi connectivity index (χ0) is 11.3. The Morgan fingerprint density at radius 3 is 2.67 bits per heavy atom. The summed E-state index contributed by atoms with van der Waals surface area (Å²) < 4.78 is 1.88. The van der Waals surface area contributed by atoms with Crippen LogP contribution in [0.5, 0.6) is 0 Å². The van der Waals surface area contributed by atoms with Crippen LogP contribution in [0.4, 0.5) is 4.79 Å². The summed E-state index contributed by atoms with van der Waals surface area (Å²) in [6.45, 7) is 8.22. The SMILES string of the molecule is C=CCC/C=C/CN1SC(=O)N(C)C1=C. The second-order valence-electron chi connectivity index (χ2n) is 3.23. The average Bonchev–Trinajstić information content (AvgIpc) is 2.46. The third-order valence-corrected chi connectivity index (χ3v) is 3.12. The molecule has 0 radical (unpaired) electrons. The lowest BCUT2D eigenvalue weighted by Gasteiger charge is -2.15. The van der Waals surface area contributed by atoms with Gasteiger partial charge in [-0.1, -0.05) is 24.8 Å². The molecule has 0 N–H and O–H groups in total. The summed E-state index contributed by atoms with van der Waals surface area (Å²) in [5.41, 5.74) is 0. The molecule has 1 aliphatic rings. The van der Waals surface area contributed by atoms with E-state index in [1.54, 1.807) is 11.9 Å². The van der Waals surface area contributed by atoms with Crippen LogP contribution < -0.4 is 0 Å². The summed E-state index contributed by atoms with van der Waals surface area (Å²) in [5, 5.41) is 0.0273. The first kappa shape index (κ1) is 11.9. The van der Waals surface area contributed by atoms with Gasteiger partial charge in [0.25, 0.3) is 0 Å². The molecule has 1 amide bonds. The van der Waals surface area contributed by atoms with Crippen LogP contribution in [0, 0.1) is 0 Å². The molecule has 0 aromatic rings. The van der Waals surface area contributed by atoms with Crippen molar-refractivity contribution in [3.8, 4) is 0 Å². The van der Waals surface area contributed by atoms with Crippen LogP contribution in [0.15, 0.2) is 37.2 Å². The van der Waals surface area contributed by atoms with Gasteiger partial charge in [-0.3, -0.25) is 14.0 Å². The van der Waals surface area contributed by atoms with Crippen LogP contribution in [0.3, 0.4) is 0 Å². The Hall–Kier alpha value is -1.16. The topological polar surface area (TPSA) is 23.6 Å². The molecular formula is C11H16N2OS. The van der Waals surface area contributed by atoms with Crippen LogP contribution in [0.25, 0.3) is 0 Å². The molecule has 82 valence electrons. The predicted octanol–water partition coefficient (Wildman–Crippen LogP) is 3.00. The fourth-order valence-corrected chi connectivity index (χ4v) is 1.93. The standard InChI is InChI=1S/C11H16N2OS/c1-4-5-6-7-8-9-13-10(2)12(3)11(14)15-13/h4,7-8H,1-2,5-6,9H2,3H3/b8-7+. The lowest BCUT2D eigenvalue weighted by atomic mass is 10.3. The van der Waals surface area contributed by atoms with E-state index in [4.69, 9.17) is 0 Å². The highest BCUT2D eigenvalue weighted by molar-refractivity contribution is 8.12. The van der Waals surface area contributed by atoms with Crippen molar-refractivity contribution in [2.24, 2.45) is 0 Å². The van der Waals surface area contributed by atoms with Crippen LogP contribution in [-0.2, 0) is 0 Å².